The number of likely N-dealkylation sites (tertiary alicyclic amines) is 1. The number of rotatable bonds is 10. The van der Waals surface area contributed by atoms with Crippen LogP contribution in [0.3, 0.4) is 0 Å². The van der Waals surface area contributed by atoms with E-state index in [-0.39, 0.29) is 17.9 Å². The number of aromatic amines is 1. The molecule has 4 fully saturated rings. The minimum absolute atomic E-state index is 0.00403. The first-order chi connectivity index (χ1) is 23.0. The monoisotopic (exact) mass is 681 g/mol. The Kier molecular flexibility index (Phi) is 10.6. The lowest BCUT2D eigenvalue weighted by molar-refractivity contribution is -0.162. The fourth-order valence-electron chi connectivity index (χ4n) is 8.60. The Morgan fingerprint density at radius 2 is 1.62 bits per heavy atom. The van der Waals surface area contributed by atoms with Gasteiger partial charge in [0.1, 0.15) is 11.6 Å². The molecule has 1 unspecified atom stereocenters. The van der Waals surface area contributed by atoms with Gasteiger partial charge >= 0.3 is 0 Å². The summed E-state index contributed by atoms with van der Waals surface area (Å²) >= 11 is 0. The highest BCUT2D eigenvalue weighted by Gasteiger charge is 2.54. The number of H-pyrrole nitrogens is 1. The average molecular weight is 682 g/mol. The Labute approximate surface area is 286 Å². The van der Waals surface area contributed by atoms with E-state index in [0.717, 1.165) is 67.7 Å². The lowest BCUT2D eigenvalue weighted by Crippen LogP contribution is -2.73. The zero-order valence-electron chi connectivity index (χ0n) is 29.3. The van der Waals surface area contributed by atoms with Crippen molar-refractivity contribution in [3.05, 3.63) is 46.8 Å². The lowest BCUT2D eigenvalue weighted by Gasteiger charge is -2.53. The van der Waals surface area contributed by atoms with Gasteiger partial charge in [0.25, 0.3) is 0 Å². The summed E-state index contributed by atoms with van der Waals surface area (Å²) in [6.07, 6.45) is 9.66. The van der Waals surface area contributed by atoms with Crippen LogP contribution in [0.25, 0.3) is 0 Å². The third-order valence-electron chi connectivity index (χ3n) is 11.6. The molecule has 48 heavy (non-hydrogen) atoms. The molecular weight excluding hydrogens is 627 g/mol. The molecule has 0 bridgehead atoms. The quantitative estimate of drug-likeness (QED) is 0.389. The second-order valence-corrected chi connectivity index (χ2v) is 16.6. The molecule has 3 aliphatic heterocycles. The SMILES string of the molecule is CCCCN1C(=O)[C@H](CC2CCCCC2)NC(=O)C12CCN(C(c1ccc(S(=O)(=O)N3CCN(C)CC3)cc1)c1c(C)n[nH]c1C)CC2. The van der Waals surface area contributed by atoms with Crippen molar-refractivity contribution in [3.63, 3.8) is 0 Å². The van der Waals surface area contributed by atoms with Gasteiger partial charge in [-0.2, -0.15) is 9.40 Å². The second-order valence-electron chi connectivity index (χ2n) is 14.7. The molecule has 4 aliphatic rings. The van der Waals surface area contributed by atoms with Crippen molar-refractivity contribution < 1.29 is 18.0 Å². The predicted octanol–water partition coefficient (Wildman–Crippen LogP) is 3.98. The number of unbranched alkanes of at least 4 members (excludes halogenated alkanes) is 1. The number of piperidine rings is 1. The standard InChI is InChI=1S/C36H55N7O4S/c1-5-6-18-43-34(44)31(25-28-10-8-7-9-11-28)37-35(45)36(43)16-19-41(20-17-36)33(32-26(2)38-39-27(32)3)29-12-14-30(15-13-29)48(46,47)42-23-21-40(4)22-24-42/h12-15,28,31,33H,5-11,16-25H2,1-4H3,(H,37,45)(H,38,39)/t31-,33?/m0/s1. The Morgan fingerprint density at radius 3 is 2.23 bits per heavy atom. The van der Waals surface area contributed by atoms with Gasteiger partial charge in [-0.25, -0.2) is 8.42 Å². The maximum atomic E-state index is 14.1. The molecule has 1 spiro atoms. The Morgan fingerprint density at radius 1 is 0.958 bits per heavy atom. The minimum Gasteiger partial charge on any atom is -0.342 e. The summed E-state index contributed by atoms with van der Waals surface area (Å²) in [6, 6.07) is 6.74. The van der Waals surface area contributed by atoms with Gasteiger partial charge in [-0.3, -0.25) is 19.6 Å². The van der Waals surface area contributed by atoms with Crippen LogP contribution in [0.2, 0.25) is 0 Å². The molecule has 3 saturated heterocycles. The van der Waals surface area contributed by atoms with Crippen LogP contribution in [0.15, 0.2) is 29.2 Å². The molecule has 6 rings (SSSR count). The van der Waals surface area contributed by atoms with Crippen molar-refractivity contribution >= 4 is 21.8 Å². The summed E-state index contributed by atoms with van der Waals surface area (Å²) < 4.78 is 28.6. The molecule has 2 atom stereocenters. The molecular formula is C36H55N7O4S. The van der Waals surface area contributed by atoms with Crippen LogP contribution >= 0.6 is 0 Å². The number of hydrogen-bond acceptors (Lipinski definition) is 7. The summed E-state index contributed by atoms with van der Waals surface area (Å²) in [4.78, 5) is 35.0. The predicted molar refractivity (Wildman–Crippen MR) is 186 cm³/mol. The average Bonchev–Trinajstić information content (AvgIpc) is 3.42. The van der Waals surface area contributed by atoms with E-state index in [1.54, 1.807) is 16.4 Å². The Balaban J connectivity index is 1.24. The van der Waals surface area contributed by atoms with Crippen molar-refractivity contribution in [1.82, 2.24) is 34.5 Å². The van der Waals surface area contributed by atoms with Gasteiger partial charge in [-0.1, -0.05) is 57.6 Å². The van der Waals surface area contributed by atoms with E-state index in [4.69, 9.17) is 0 Å². The van der Waals surface area contributed by atoms with Gasteiger partial charge in [0, 0.05) is 57.1 Å². The topological polar surface area (TPSA) is 122 Å². The number of piperazine rings is 2. The lowest BCUT2D eigenvalue weighted by atomic mass is 9.78. The molecule has 1 saturated carbocycles. The van der Waals surface area contributed by atoms with Crippen molar-refractivity contribution in [2.24, 2.45) is 5.92 Å². The summed E-state index contributed by atoms with van der Waals surface area (Å²) in [5, 5.41) is 10.9. The van der Waals surface area contributed by atoms with Crippen molar-refractivity contribution in [2.45, 2.75) is 107 Å². The highest BCUT2D eigenvalue weighted by molar-refractivity contribution is 7.89. The first kappa shape index (κ1) is 35.0. The number of aryl methyl sites for hydroxylation is 2. The number of nitrogens with zero attached hydrogens (tertiary/aromatic N) is 5. The highest BCUT2D eigenvalue weighted by atomic mass is 32.2. The third kappa shape index (κ3) is 6.82. The highest BCUT2D eigenvalue weighted by Crippen LogP contribution is 2.41. The number of carbonyl (C=O) groups is 2. The summed E-state index contributed by atoms with van der Waals surface area (Å²) in [7, 11) is -1.58. The van der Waals surface area contributed by atoms with Crippen molar-refractivity contribution in [3.8, 4) is 0 Å². The van der Waals surface area contributed by atoms with Gasteiger partial charge in [-0.05, 0) is 70.2 Å². The molecule has 264 valence electrons. The molecule has 4 heterocycles. The molecule has 1 aromatic carbocycles. The molecule has 0 radical (unpaired) electrons. The number of likely N-dealkylation sites (N-methyl/N-ethyl adjacent to an activating group) is 1. The molecule has 2 aromatic rings. The van der Waals surface area contributed by atoms with Crippen LogP contribution in [-0.2, 0) is 19.6 Å². The van der Waals surface area contributed by atoms with Gasteiger partial charge in [0.15, 0.2) is 0 Å². The van der Waals surface area contributed by atoms with Crippen LogP contribution in [0, 0.1) is 19.8 Å². The van der Waals surface area contributed by atoms with E-state index in [1.165, 1.54) is 19.3 Å². The molecule has 2 N–H and O–H groups in total. The third-order valence-corrected chi connectivity index (χ3v) is 13.5. The molecule has 12 heteroatoms. The van der Waals surface area contributed by atoms with Gasteiger partial charge in [-0.15, -0.1) is 0 Å². The fourth-order valence-corrected chi connectivity index (χ4v) is 10.0. The normalized spacial score (nSPS) is 24.2. The fraction of sp³-hybridized carbons (Fsp3) is 0.694. The number of benzene rings is 1. The second kappa shape index (κ2) is 14.6. The minimum atomic E-state index is -3.59. The summed E-state index contributed by atoms with van der Waals surface area (Å²) in [6.45, 7) is 10.4. The smallest absolute Gasteiger partial charge is 0.246 e. The molecule has 1 aliphatic carbocycles. The van der Waals surface area contributed by atoms with Gasteiger partial charge < -0.3 is 15.1 Å². The molecule has 2 amide bonds. The summed E-state index contributed by atoms with van der Waals surface area (Å²) in [5.74, 6) is 0.601. The first-order valence-electron chi connectivity index (χ1n) is 18.2. The van der Waals surface area contributed by atoms with E-state index < -0.39 is 21.6 Å². The van der Waals surface area contributed by atoms with Crippen molar-refractivity contribution in [2.75, 3.05) is 52.9 Å². The summed E-state index contributed by atoms with van der Waals surface area (Å²) in [5.41, 5.74) is 3.06. The zero-order valence-corrected chi connectivity index (χ0v) is 30.2. The number of amides is 2. The van der Waals surface area contributed by atoms with E-state index in [1.807, 2.05) is 37.9 Å². The van der Waals surface area contributed by atoms with Crippen LogP contribution in [0.5, 0.6) is 0 Å². The number of carbonyl (C=O) groups excluding carboxylic acids is 2. The van der Waals surface area contributed by atoms with Gasteiger partial charge in [0.05, 0.1) is 16.6 Å². The molecule has 11 nitrogen and oxygen atoms in total. The largest absolute Gasteiger partial charge is 0.342 e. The molecule has 1 aromatic heterocycles. The van der Waals surface area contributed by atoms with Gasteiger partial charge in [0.2, 0.25) is 21.8 Å². The number of sulfonamides is 1. The van der Waals surface area contributed by atoms with Crippen molar-refractivity contribution in [1.29, 1.82) is 0 Å². The zero-order chi connectivity index (χ0) is 34.1. The van der Waals surface area contributed by atoms with Crippen LogP contribution < -0.4 is 5.32 Å². The first-order valence-corrected chi connectivity index (χ1v) is 19.7. The van der Waals surface area contributed by atoms with E-state index in [9.17, 15) is 18.0 Å². The number of nitrogens with one attached hydrogen (secondary N) is 2. The van der Waals surface area contributed by atoms with Crippen LogP contribution in [0.1, 0.15) is 99.7 Å². The Hall–Kier alpha value is -2.80. The van der Waals surface area contributed by atoms with E-state index in [2.05, 4.69) is 32.2 Å². The van der Waals surface area contributed by atoms with Crippen LogP contribution in [0.4, 0.5) is 0 Å². The number of hydrogen-bond donors (Lipinski definition) is 2. The van der Waals surface area contributed by atoms with E-state index >= 15 is 0 Å². The number of aromatic nitrogens is 2. The van der Waals surface area contributed by atoms with E-state index in [0.29, 0.717) is 56.4 Å². The maximum Gasteiger partial charge on any atom is 0.246 e. The maximum absolute atomic E-state index is 14.1. The van der Waals surface area contributed by atoms with Crippen LogP contribution in [-0.4, -0.2) is 114 Å². The Bertz CT molecular complexity index is 1520.